The number of ether oxygens (including phenoxy) is 2. The van der Waals surface area contributed by atoms with Crippen LogP contribution in [-0.4, -0.2) is 20.3 Å². The number of benzene rings is 1. The Morgan fingerprint density at radius 3 is 2.56 bits per heavy atom. The zero-order valence-corrected chi connectivity index (χ0v) is 10.1. The van der Waals surface area contributed by atoms with Crippen LogP contribution in [0.4, 0.5) is 0 Å². The summed E-state index contributed by atoms with van der Waals surface area (Å²) in [6.45, 7) is 2.07. The predicted octanol–water partition coefficient (Wildman–Crippen LogP) is 2.15. The van der Waals surface area contributed by atoms with Gasteiger partial charge in [-0.3, -0.25) is 0 Å². The zero-order valence-electron chi connectivity index (χ0n) is 10.1. The lowest BCUT2D eigenvalue weighted by Crippen LogP contribution is -2.18. The molecule has 3 nitrogen and oxygen atoms in total. The second kappa shape index (κ2) is 4.34. The fraction of sp³-hybridized carbons (Fsp3) is 0.538. The van der Waals surface area contributed by atoms with Crippen LogP contribution in [0.5, 0.6) is 11.5 Å². The molecule has 0 bridgehead atoms. The molecule has 2 N–H and O–H groups in total. The minimum absolute atomic E-state index is 0.251. The smallest absolute Gasteiger partial charge is 0.164 e. The van der Waals surface area contributed by atoms with E-state index in [0.717, 1.165) is 17.9 Å². The molecule has 0 amide bonds. The van der Waals surface area contributed by atoms with Crippen molar-refractivity contribution in [3.05, 3.63) is 23.8 Å². The van der Waals surface area contributed by atoms with E-state index in [2.05, 4.69) is 13.0 Å². The molecule has 2 rings (SSSR count). The topological polar surface area (TPSA) is 44.5 Å². The summed E-state index contributed by atoms with van der Waals surface area (Å²) in [4.78, 5) is 0. The Kier molecular flexibility index (Phi) is 3.06. The Hall–Kier alpha value is -1.22. The number of para-hydroxylation sites is 1. The SMILES string of the molecule is COc1cccc([C@@H]2C[C@H]2[C@H](C)N)c1OC. The van der Waals surface area contributed by atoms with Crippen molar-refractivity contribution >= 4 is 0 Å². The van der Waals surface area contributed by atoms with E-state index in [1.54, 1.807) is 14.2 Å². The van der Waals surface area contributed by atoms with E-state index in [4.69, 9.17) is 15.2 Å². The average Bonchev–Trinajstić information content (AvgIpc) is 3.07. The molecule has 0 saturated heterocycles. The van der Waals surface area contributed by atoms with Gasteiger partial charge in [0.1, 0.15) is 0 Å². The zero-order chi connectivity index (χ0) is 11.7. The van der Waals surface area contributed by atoms with Gasteiger partial charge in [0.05, 0.1) is 14.2 Å². The van der Waals surface area contributed by atoms with E-state index in [-0.39, 0.29) is 6.04 Å². The van der Waals surface area contributed by atoms with E-state index < -0.39 is 0 Å². The number of rotatable bonds is 4. The van der Waals surface area contributed by atoms with Crippen LogP contribution in [0.1, 0.15) is 24.8 Å². The van der Waals surface area contributed by atoms with Crippen molar-refractivity contribution < 1.29 is 9.47 Å². The van der Waals surface area contributed by atoms with Crippen molar-refractivity contribution in [3.8, 4) is 11.5 Å². The molecule has 3 atom stereocenters. The van der Waals surface area contributed by atoms with Crippen LogP contribution >= 0.6 is 0 Å². The van der Waals surface area contributed by atoms with E-state index in [0.29, 0.717) is 11.8 Å². The highest BCUT2D eigenvalue weighted by atomic mass is 16.5. The van der Waals surface area contributed by atoms with Gasteiger partial charge in [0.25, 0.3) is 0 Å². The molecule has 0 heterocycles. The van der Waals surface area contributed by atoms with E-state index in [9.17, 15) is 0 Å². The minimum Gasteiger partial charge on any atom is -0.493 e. The van der Waals surface area contributed by atoms with Crippen molar-refractivity contribution in [2.24, 2.45) is 11.7 Å². The Morgan fingerprint density at radius 1 is 1.31 bits per heavy atom. The molecular weight excluding hydrogens is 202 g/mol. The van der Waals surface area contributed by atoms with Crippen LogP contribution in [0.15, 0.2) is 18.2 Å². The summed E-state index contributed by atoms with van der Waals surface area (Å²) in [5.74, 6) is 2.78. The number of methoxy groups -OCH3 is 2. The van der Waals surface area contributed by atoms with Gasteiger partial charge in [-0.05, 0) is 31.2 Å². The molecule has 1 aromatic rings. The molecule has 1 saturated carbocycles. The van der Waals surface area contributed by atoms with Crippen LogP contribution in [0.25, 0.3) is 0 Å². The summed E-state index contributed by atoms with van der Waals surface area (Å²) in [7, 11) is 3.35. The average molecular weight is 221 g/mol. The summed E-state index contributed by atoms with van der Waals surface area (Å²) < 4.78 is 10.7. The lowest BCUT2D eigenvalue weighted by atomic mass is 10.0. The molecule has 88 valence electrons. The van der Waals surface area contributed by atoms with E-state index >= 15 is 0 Å². The summed E-state index contributed by atoms with van der Waals surface area (Å²) in [6.07, 6.45) is 1.15. The third-order valence-corrected chi connectivity index (χ3v) is 3.35. The van der Waals surface area contributed by atoms with Crippen LogP contribution < -0.4 is 15.2 Å². The molecule has 1 aliphatic rings. The lowest BCUT2D eigenvalue weighted by Gasteiger charge is -2.13. The Bertz CT molecular complexity index is 376. The maximum atomic E-state index is 5.92. The molecular formula is C13H19NO2. The highest BCUT2D eigenvalue weighted by Gasteiger charge is 2.42. The number of hydrogen-bond donors (Lipinski definition) is 1. The molecule has 3 heteroatoms. The fourth-order valence-electron chi connectivity index (χ4n) is 2.36. The Morgan fingerprint density at radius 2 is 2.06 bits per heavy atom. The van der Waals surface area contributed by atoms with Gasteiger partial charge in [0, 0.05) is 11.6 Å². The van der Waals surface area contributed by atoms with Gasteiger partial charge in [-0.15, -0.1) is 0 Å². The molecule has 1 fully saturated rings. The molecule has 0 radical (unpaired) electrons. The Balaban J connectivity index is 2.28. The van der Waals surface area contributed by atoms with Gasteiger partial charge in [-0.2, -0.15) is 0 Å². The van der Waals surface area contributed by atoms with Gasteiger partial charge < -0.3 is 15.2 Å². The lowest BCUT2D eigenvalue weighted by molar-refractivity contribution is 0.351. The summed E-state index contributed by atoms with van der Waals surface area (Å²) in [6, 6.07) is 6.29. The minimum atomic E-state index is 0.251. The van der Waals surface area contributed by atoms with Crippen LogP contribution in [-0.2, 0) is 0 Å². The van der Waals surface area contributed by atoms with Crippen molar-refractivity contribution in [1.82, 2.24) is 0 Å². The summed E-state index contributed by atoms with van der Waals surface area (Å²) in [5, 5.41) is 0. The van der Waals surface area contributed by atoms with Crippen LogP contribution in [0.2, 0.25) is 0 Å². The molecule has 1 aliphatic carbocycles. The molecule has 0 aliphatic heterocycles. The second-order valence-electron chi connectivity index (χ2n) is 4.45. The highest BCUT2D eigenvalue weighted by Crippen LogP contribution is 2.53. The molecule has 0 spiro atoms. The standard InChI is InChI=1S/C13H19NO2/c1-8(14)10-7-11(10)9-5-4-6-12(15-2)13(9)16-3/h4-6,8,10-11H,7,14H2,1-3H3/t8-,10-,11-/m0/s1. The molecule has 1 aromatic carbocycles. The number of nitrogens with two attached hydrogens (primary N) is 1. The fourth-order valence-corrected chi connectivity index (χ4v) is 2.36. The van der Waals surface area contributed by atoms with Gasteiger partial charge in [-0.1, -0.05) is 12.1 Å². The molecule has 0 aromatic heterocycles. The normalized spacial score (nSPS) is 25.0. The molecule has 16 heavy (non-hydrogen) atoms. The Labute approximate surface area is 96.5 Å². The first-order chi connectivity index (χ1) is 7.69. The van der Waals surface area contributed by atoms with Crippen LogP contribution in [0, 0.1) is 5.92 Å². The maximum Gasteiger partial charge on any atom is 0.164 e. The van der Waals surface area contributed by atoms with Crippen LogP contribution in [0.3, 0.4) is 0 Å². The van der Waals surface area contributed by atoms with Crippen molar-refractivity contribution in [2.75, 3.05) is 14.2 Å². The second-order valence-corrected chi connectivity index (χ2v) is 4.45. The van der Waals surface area contributed by atoms with Crippen molar-refractivity contribution in [3.63, 3.8) is 0 Å². The van der Waals surface area contributed by atoms with E-state index in [1.807, 2.05) is 12.1 Å². The third-order valence-electron chi connectivity index (χ3n) is 3.35. The maximum absolute atomic E-state index is 5.92. The predicted molar refractivity (Wildman–Crippen MR) is 64.0 cm³/mol. The monoisotopic (exact) mass is 221 g/mol. The van der Waals surface area contributed by atoms with Gasteiger partial charge in [0.2, 0.25) is 0 Å². The summed E-state index contributed by atoms with van der Waals surface area (Å²) in [5.41, 5.74) is 7.14. The summed E-state index contributed by atoms with van der Waals surface area (Å²) >= 11 is 0. The number of hydrogen-bond acceptors (Lipinski definition) is 3. The first kappa shape index (κ1) is 11.3. The van der Waals surface area contributed by atoms with Gasteiger partial charge >= 0.3 is 0 Å². The van der Waals surface area contributed by atoms with Crippen molar-refractivity contribution in [2.45, 2.75) is 25.3 Å². The largest absolute Gasteiger partial charge is 0.493 e. The third kappa shape index (κ3) is 1.87. The first-order valence-electron chi connectivity index (χ1n) is 5.65. The quantitative estimate of drug-likeness (QED) is 0.847. The van der Waals surface area contributed by atoms with E-state index in [1.165, 1.54) is 5.56 Å². The first-order valence-corrected chi connectivity index (χ1v) is 5.65. The van der Waals surface area contributed by atoms with Gasteiger partial charge in [-0.25, -0.2) is 0 Å². The highest BCUT2D eigenvalue weighted by molar-refractivity contribution is 5.50. The van der Waals surface area contributed by atoms with Crippen molar-refractivity contribution in [1.29, 1.82) is 0 Å². The van der Waals surface area contributed by atoms with Gasteiger partial charge in [0.15, 0.2) is 11.5 Å². The molecule has 0 unspecified atom stereocenters.